The van der Waals surface area contributed by atoms with Crippen LogP contribution in [0, 0.1) is 0 Å². The summed E-state index contributed by atoms with van der Waals surface area (Å²) in [5.74, 6) is 0.455. The number of benzene rings is 2. The first kappa shape index (κ1) is 18.8. The lowest BCUT2D eigenvalue weighted by molar-refractivity contribution is 0.0722. The maximum atomic E-state index is 12.7. The second-order valence-corrected chi connectivity index (χ2v) is 7.16. The Labute approximate surface area is 177 Å². The second kappa shape index (κ2) is 7.91. The van der Waals surface area contributed by atoms with Crippen LogP contribution in [0.4, 0.5) is 5.69 Å². The predicted molar refractivity (Wildman–Crippen MR) is 111 cm³/mol. The summed E-state index contributed by atoms with van der Waals surface area (Å²) in [6.45, 7) is 0. The van der Waals surface area contributed by atoms with Crippen molar-refractivity contribution >= 4 is 17.6 Å². The number of hydrogen-bond donors (Lipinski definition) is 1. The minimum absolute atomic E-state index is 0.00391. The van der Waals surface area contributed by atoms with Gasteiger partial charge in [0.15, 0.2) is 5.76 Å². The summed E-state index contributed by atoms with van der Waals surface area (Å²) in [7, 11) is 0. The van der Waals surface area contributed by atoms with Gasteiger partial charge >= 0.3 is 5.97 Å². The maximum absolute atomic E-state index is 12.7. The molecule has 2 aromatic heterocycles. The fourth-order valence-electron chi connectivity index (χ4n) is 3.17. The molecule has 0 spiro atoms. The maximum Gasteiger partial charge on any atom is 0.383 e. The van der Waals surface area contributed by atoms with E-state index in [1.165, 1.54) is 6.26 Å². The van der Waals surface area contributed by atoms with E-state index in [2.05, 4.69) is 15.4 Å². The van der Waals surface area contributed by atoms with E-state index in [4.69, 9.17) is 9.15 Å². The van der Waals surface area contributed by atoms with Gasteiger partial charge in [0.1, 0.15) is 11.6 Å². The highest BCUT2D eigenvalue weighted by Gasteiger charge is 2.32. The highest BCUT2D eigenvalue weighted by molar-refractivity contribution is 6.02. The first-order chi connectivity index (χ1) is 15.2. The zero-order chi connectivity index (χ0) is 21.2. The molecule has 0 bridgehead atoms. The molecule has 2 aromatic carbocycles. The summed E-state index contributed by atoms with van der Waals surface area (Å²) in [5.41, 5.74) is 1.31. The summed E-state index contributed by atoms with van der Waals surface area (Å²) in [6, 6.07) is 19.3. The topological polar surface area (TPSA) is 99.2 Å². The Balaban J connectivity index is 1.34. The third-order valence-corrected chi connectivity index (χ3v) is 4.81. The van der Waals surface area contributed by atoms with Gasteiger partial charge < -0.3 is 14.5 Å². The van der Waals surface area contributed by atoms with Gasteiger partial charge in [-0.15, -0.1) is 5.10 Å². The van der Waals surface area contributed by atoms with Crippen LogP contribution in [0.5, 0.6) is 5.75 Å². The number of nitrogens with one attached hydrogen (secondary N) is 1. The van der Waals surface area contributed by atoms with Gasteiger partial charge in [0.05, 0.1) is 12.0 Å². The van der Waals surface area contributed by atoms with Gasteiger partial charge in [0.2, 0.25) is 0 Å². The molecule has 0 aliphatic heterocycles. The molecule has 4 aromatic rings. The lowest BCUT2D eigenvalue weighted by Crippen LogP contribution is -2.13. The second-order valence-electron chi connectivity index (χ2n) is 7.16. The van der Waals surface area contributed by atoms with Crippen LogP contribution >= 0.6 is 0 Å². The number of carbonyl (C=O) groups is 2. The fraction of sp³-hybridized carbons (Fsp3) is 0.130. The molecular weight excluding hydrogens is 396 g/mol. The Bertz CT molecular complexity index is 1230. The third kappa shape index (κ3) is 4.09. The van der Waals surface area contributed by atoms with Gasteiger partial charge in [-0.3, -0.25) is 4.79 Å². The molecule has 1 saturated carbocycles. The molecule has 1 amide bonds. The highest BCUT2D eigenvalue weighted by Crippen LogP contribution is 2.39. The Morgan fingerprint density at radius 1 is 1.03 bits per heavy atom. The van der Waals surface area contributed by atoms with Gasteiger partial charge in [0.25, 0.3) is 11.7 Å². The van der Waals surface area contributed by atoms with Crippen LogP contribution in [-0.4, -0.2) is 26.6 Å². The van der Waals surface area contributed by atoms with Gasteiger partial charge in [-0.2, -0.15) is 0 Å². The van der Waals surface area contributed by atoms with Crippen LogP contribution in [-0.2, 0) is 0 Å². The normalized spacial score (nSPS) is 13.0. The zero-order valence-corrected chi connectivity index (χ0v) is 16.4. The van der Waals surface area contributed by atoms with Crippen LogP contribution in [0.1, 0.15) is 45.8 Å². The molecular formula is C23H18N4O4. The van der Waals surface area contributed by atoms with Crippen molar-refractivity contribution in [3.63, 3.8) is 0 Å². The number of aromatic nitrogens is 3. The quantitative estimate of drug-likeness (QED) is 0.375. The Hall–Kier alpha value is -4.20. The van der Waals surface area contributed by atoms with Crippen molar-refractivity contribution in [3.05, 3.63) is 90.4 Å². The molecule has 154 valence electrons. The molecule has 1 aliphatic carbocycles. The van der Waals surface area contributed by atoms with Gasteiger partial charge in [-0.05, 0) is 49.2 Å². The fourth-order valence-corrected chi connectivity index (χ4v) is 3.17. The first-order valence-electron chi connectivity index (χ1n) is 9.87. The van der Waals surface area contributed by atoms with Crippen molar-refractivity contribution in [3.8, 4) is 11.4 Å². The number of hydrogen-bond acceptors (Lipinski definition) is 6. The number of para-hydroxylation sites is 1. The van der Waals surface area contributed by atoms with E-state index in [0.717, 1.165) is 24.4 Å². The Morgan fingerprint density at radius 3 is 2.61 bits per heavy atom. The summed E-state index contributed by atoms with van der Waals surface area (Å²) in [4.78, 5) is 29.3. The molecule has 0 atom stereocenters. The number of rotatable bonds is 6. The van der Waals surface area contributed by atoms with Crippen molar-refractivity contribution in [2.24, 2.45) is 0 Å². The minimum Gasteiger partial charge on any atom is -0.459 e. The number of nitrogens with zero attached hydrogens (tertiary/aromatic N) is 3. The number of esters is 1. The summed E-state index contributed by atoms with van der Waals surface area (Å²) in [6.07, 6.45) is 3.47. The zero-order valence-electron chi connectivity index (χ0n) is 16.4. The largest absolute Gasteiger partial charge is 0.459 e. The van der Waals surface area contributed by atoms with Gasteiger partial charge in [-0.25, -0.2) is 14.5 Å². The Kier molecular flexibility index (Phi) is 4.80. The summed E-state index contributed by atoms with van der Waals surface area (Å²) >= 11 is 0. The average molecular weight is 414 g/mol. The highest BCUT2D eigenvalue weighted by atomic mass is 16.5. The lowest BCUT2D eigenvalue weighted by Gasteiger charge is -2.06. The minimum atomic E-state index is -0.661. The van der Waals surface area contributed by atoms with Crippen LogP contribution in [0.3, 0.4) is 0 Å². The van der Waals surface area contributed by atoms with Crippen LogP contribution in [0.15, 0.2) is 77.4 Å². The standard InChI is InChI=1S/C23H18N4O4/c28-22(19-10-5-13-30-19)24-16-6-4-9-18(14-16)31-23(29)20-25-21(15-11-12-15)27(26-20)17-7-2-1-3-8-17/h1-10,13-15H,11-12H2,(H,24,28). The number of carbonyl (C=O) groups excluding carboxylic acids is 2. The monoisotopic (exact) mass is 414 g/mol. The molecule has 1 aliphatic rings. The molecule has 8 nitrogen and oxygen atoms in total. The van der Waals surface area contributed by atoms with E-state index in [1.807, 2.05) is 30.3 Å². The van der Waals surface area contributed by atoms with Crippen LogP contribution in [0.2, 0.25) is 0 Å². The van der Waals surface area contributed by atoms with Crippen LogP contribution in [0.25, 0.3) is 5.69 Å². The van der Waals surface area contributed by atoms with Crippen molar-refractivity contribution < 1.29 is 18.7 Å². The Morgan fingerprint density at radius 2 is 1.87 bits per heavy atom. The molecule has 2 heterocycles. The molecule has 1 fully saturated rings. The molecule has 0 unspecified atom stereocenters. The number of amides is 1. The van der Waals surface area contributed by atoms with Gasteiger partial charge in [0, 0.05) is 17.7 Å². The van der Waals surface area contributed by atoms with E-state index >= 15 is 0 Å². The summed E-state index contributed by atoms with van der Waals surface area (Å²) < 4.78 is 12.2. The third-order valence-electron chi connectivity index (χ3n) is 4.81. The van der Waals surface area contributed by atoms with Crippen LogP contribution < -0.4 is 10.1 Å². The smallest absolute Gasteiger partial charge is 0.383 e. The van der Waals surface area contributed by atoms with Gasteiger partial charge in [-0.1, -0.05) is 24.3 Å². The van der Waals surface area contributed by atoms with Crippen molar-refractivity contribution in [1.29, 1.82) is 0 Å². The van der Waals surface area contributed by atoms with Crippen molar-refractivity contribution in [1.82, 2.24) is 14.8 Å². The molecule has 8 heteroatoms. The van der Waals surface area contributed by atoms with E-state index in [9.17, 15) is 9.59 Å². The molecule has 1 N–H and O–H groups in total. The van der Waals surface area contributed by atoms with Crippen molar-refractivity contribution in [2.45, 2.75) is 18.8 Å². The predicted octanol–water partition coefficient (Wildman–Crippen LogP) is 4.21. The SMILES string of the molecule is O=C(Oc1cccc(NC(=O)c2ccco2)c1)c1nc(C2CC2)n(-c2ccccc2)n1. The number of ether oxygens (including phenoxy) is 1. The number of anilines is 1. The summed E-state index contributed by atoms with van der Waals surface area (Å²) in [5, 5.41) is 7.09. The van der Waals surface area contributed by atoms with E-state index in [-0.39, 0.29) is 17.3 Å². The lowest BCUT2D eigenvalue weighted by atomic mass is 10.3. The molecule has 31 heavy (non-hydrogen) atoms. The molecule has 0 radical (unpaired) electrons. The average Bonchev–Trinajstić information content (AvgIpc) is 3.29. The van der Waals surface area contributed by atoms with E-state index < -0.39 is 11.9 Å². The van der Waals surface area contributed by atoms with E-state index in [0.29, 0.717) is 11.6 Å². The van der Waals surface area contributed by atoms with Crippen molar-refractivity contribution in [2.75, 3.05) is 5.32 Å². The molecule has 5 rings (SSSR count). The number of furan rings is 1. The van der Waals surface area contributed by atoms with E-state index in [1.54, 1.807) is 41.1 Å². The molecule has 0 saturated heterocycles. The first-order valence-corrected chi connectivity index (χ1v) is 9.87.